The first kappa shape index (κ1) is 17.0. The molecule has 0 radical (unpaired) electrons. The van der Waals surface area contributed by atoms with Crippen molar-refractivity contribution in [1.29, 1.82) is 0 Å². The van der Waals surface area contributed by atoms with Gasteiger partial charge in [-0.3, -0.25) is 0 Å². The van der Waals surface area contributed by atoms with Crippen LogP contribution in [0.1, 0.15) is 45.7 Å². The molecule has 1 aliphatic heterocycles. The first-order valence-electron chi connectivity index (χ1n) is 7.72. The van der Waals surface area contributed by atoms with Gasteiger partial charge in [0.2, 0.25) is 0 Å². The lowest BCUT2D eigenvalue weighted by Crippen LogP contribution is -2.13. The third kappa shape index (κ3) is 3.70. The number of benzene rings is 1. The van der Waals surface area contributed by atoms with Crippen LogP contribution in [0.15, 0.2) is 46.3 Å². The monoisotopic (exact) mass is 313 g/mol. The summed E-state index contributed by atoms with van der Waals surface area (Å²) < 4.78 is 4.95. The number of hydrogen-bond donors (Lipinski definition) is 1. The molecular weight excluding hydrogens is 290 g/mol. The third-order valence-electron chi connectivity index (χ3n) is 3.69. The zero-order valence-corrected chi connectivity index (χ0v) is 14.3. The van der Waals surface area contributed by atoms with Crippen molar-refractivity contribution in [2.75, 3.05) is 6.61 Å². The van der Waals surface area contributed by atoms with Crippen LogP contribution in [-0.4, -0.2) is 23.4 Å². The highest BCUT2D eigenvalue weighted by Gasteiger charge is 2.27. The summed E-state index contributed by atoms with van der Waals surface area (Å²) in [6.45, 7) is 10.1. The Balaban J connectivity index is 2.32. The van der Waals surface area contributed by atoms with Gasteiger partial charge in [-0.1, -0.05) is 45.0 Å². The lowest BCUT2D eigenvalue weighted by atomic mass is 9.87. The normalized spacial score (nSPS) is 16.7. The Morgan fingerprint density at radius 3 is 2.39 bits per heavy atom. The van der Waals surface area contributed by atoms with Gasteiger partial charge in [-0.15, -0.1) is 0 Å². The number of aliphatic imine (C=N–C) groups is 1. The summed E-state index contributed by atoms with van der Waals surface area (Å²) >= 11 is 0. The smallest absolute Gasteiger partial charge is 0.343 e. The maximum Gasteiger partial charge on any atom is 0.343 e. The van der Waals surface area contributed by atoms with Crippen LogP contribution in [0, 0.1) is 0 Å². The highest BCUT2D eigenvalue weighted by molar-refractivity contribution is 6.22. The van der Waals surface area contributed by atoms with Crippen LogP contribution in [0.3, 0.4) is 0 Å². The lowest BCUT2D eigenvalue weighted by molar-refractivity contribution is -0.138. The molecule has 0 fully saturated rings. The quantitative estimate of drug-likeness (QED) is 0.852. The van der Waals surface area contributed by atoms with Crippen molar-refractivity contribution in [2.45, 2.75) is 40.0 Å². The number of carbonyl (C=O) groups is 1. The second kappa shape index (κ2) is 6.41. The zero-order valence-electron chi connectivity index (χ0n) is 14.3. The van der Waals surface area contributed by atoms with Crippen molar-refractivity contribution in [3.05, 3.63) is 52.4 Å². The van der Waals surface area contributed by atoms with Crippen LogP contribution in [0.4, 0.5) is 0 Å². The van der Waals surface area contributed by atoms with E-state index in [9.17, 15) is 9.90 Å². The van der Waals surface area contributed by atoms with Crippen molar-refractivity contribution in [1.82, 2.24) is 0 Å². The van der Waals surface area contributed by atoms with Crippen LogP contribution in [-0.2, 0) is 14.9 Å². The van der Waals surface area contributed by atoms with Gasteiger partial charge in [-0.25, -0.2) is 9.79 Å². The molecule has 0 saturated heterocycles. The average molecular weight is 313 g/mol. The predicted molar refractivity (Wildman–Crippen MR) is 92.5 cm³/mol. The minimum absolute atomic E-state index is 0.0902. The first-order valence-corrected chi connectivity index (χ1v) is 7.72. The molecule has 0 amide bonds. The van der Waals surface area contributed by atoms with Crippen molar-refractivity contribution in [2.24, 2.45) is 4.99 Å². The van der Waals surface area contributed by atoms with Crippen molar-refractivity contribution in [3.8, 4) is 0 Å². The Morgan fingerprint density at radius 1 is 1.26 bits per heavy atom. The predicted octanol–water partition coefficient (Wildman–Crippen LogP) is 4.17. The Labute approximate surface area is 137 Å². The summed E-state index contributed by atoms with van der Waals surface area (Å²) in [7, 11) is 0. The Hall–Kier alpha value is -2.36. The van der Waals surface area contributed by atoms with Crippen LogP contribution >= 0.6 is 0 Å². The molecule has 1 N–H and O–H groups in total. The van der Waals surface area contributed by atoms with Crippen LogP contribution in [0.5, 0.6) is 0 Å². The summed E-state index contributed by atoms with van der Waals surface area (Å²) in [5.74, 6) is -0.668. The molecule has 122 valence electrons. The molecule has 0 saturated carbocycles. The fourth-order valence-electron chi connectivity index (χ4n) is 2.37. The van der Waals surface area contributed by atoms with Crippen LogP contribution < -0.4 is 0 Å². The standard InChI is InChI=1S/C19H23NO3/c1-6-23-18(22)16-12(2)20-15(17(16)21)11-13-7-9-14(10-8-13)19(3,4)5/h7-11,21H,6H2,1-5H3/b15-11-. The first-order chi connectivity index (χ1) is 10.7. The van der Waals surface area contributed by atoms with E-state index in [2.05, 4.69) is 37.9 Å². The molecule has 4 heteroatoms. The molecule has 1 aromatic rings. The molecular formula is C19H23NO3. The van der Waals surface area contributed by atoms with E-state index >= 15 is 0 Å². The van der Waals surface area contributed by atoms with Gasteiger partial charge in [0, 0.05) is 0 Å². The Bertz CT molecular complexity index is 701. The number of nitrogens with zero attached hydrogens (tertiary/aromatic N) is 1. The van der Waals surface area contributed by atoms with E-state index in [-0.39, 0.29) is 23.4 Å². The molecule has 0 aliphatic carbocycles. The van der Waals surface area contributed by atoms with Gasteiger partial charge in [0.05, 0.1) is 12.3 Å². The number of aliphatic hydroxyl groups excluding tert-OH is 1. The minimum Gasteiger partial charge on any atom is -0.505 e. The number of aliphatic hydroxyl groups is 1. The second-order valence-corrected chi connectivity index (χ2v) is 6.54. The minimum atomic E-state index is -0.544. The van der Waals surface area contributed by atoms with E-state index in [1.54, 1.807) is 19.9 Å². The van der Waals surface area contributed by atoms with Crippen LogP contribution in [0.25, 0.3) is 6.08 Å². The van der Waals surface area contributed by atoms with E-state index in [4.69, 9.17) is 4.74 Å². The van der Waals surface area contributed by atoms with Gasteiger partial charge in [0.1, 0.15) is 11.3 Å². The second-order valence-electron chi connectivity index (χ2n) is 6.54. The zero-order chi connectivity index (χ0) is 17.2. The maximum atomic E-state index is 11.9. The van der Waals surface area contributed by atoms with Gasteiger partial charge in [0.25, 0.3) is 0 Å². The maximum absolute atomic E-state index is 11.9. The molecule has 23 heavy (non-hydrogen) atoms. The lowest BCUT2D eigenvalue weighted by Gasteiger charge is -2.18. The number of hydrogen-bond acceptors (Lipinski definition) is 4. The SMILES string of the molecule is CCOC(=O)C1=C(O)/C(=C/c2ccc(C(C)(C)C)cc2)N=C1C. The fourth-order valence-corrected chi connectivity index (χ4v) is 2.37. The van der Waals surface area contributed by atoms with E-state index in [0.29, 0.717) is 11.4 Å². The topological polar surface area (TPSA) is 58.9 Å². The van der Waals surface area contributed by atoms with Crippen molar-refractivity contribution in [3.63, 3.8) is 0 Å². The number of carbonyl (C=O) groups excluding carboxylic acids is 1. The van der Waals surface area contributed by atoms with E-state index in [1.165, 1.54) is 5.56 Å². The number of esters is 1. The largest absolute Gasteiger partial charge is 0.505 e. The van der Waals surface area contributed by atoms with Gasteiger partial charge < -0.3 is 9.84 Å². The summed E-state index contributed by atoms with van der Waals surface area (Å²) in [5, 5.41) is 10.3. The molecule has 1 heterocycles. The molecule has 0 aromatic heterocycles. The number of ether oxygens (including phenoxy) is 1. The van der Waals surface area contributed by atoms with Gasteiger partial charge in [0.15, 0.2) is 5.76 Å². The Morgan fingerprint density at radius 2 is 1.87 bits per heavy atom. The highest BCUT2D eigenvalue weighted by Crippen LogP contribution is 2.27. The van der Waals surface area contributed by atoms with Gasteiger partial charge >= 0.3 is 5.97 Å². The summed E-state index contributed by atoms with van der Waals surface area (Å²) in [5.41, 5.74) is 3.24. The molecule has 1 aromatic carbocycles. The fraction of sp³-hybridized carbons (Fsp3) is 0.368. The molecule has 4 nitrogen and oxygen atoms in total. The van der Waals surface area contributed by atoms with E-state index in [1.807, 2.05) is 12.1 Å². The van der Waals surface area contributed by atoms with E-state index in [0.717, 1.165) is 5.56 Å². The van der Waals surface area contributed by atoms with Crippen LogP contribution in [0.2, 0.25) is 0 Å². The van der Waals surface area contributed by atoms with Crippen molar-refractivity contribution >= 4 is 17.8 Å². The molecule has 2 rings (SSSR count). The summed E-state index contributed by atoms with van der Waals surface area (Å²) in [6.07, 6.45) is 1.76. The summed E-state index contributed by atoms with van der Waals surface area (Å²) in [6, 6.07) is 8.08. The Kier molecular flexibility index (Phi) is 4.73. The molecule has 0 atom stereocenters. The molecule has 0 unspecified atom stereocenters. The van der Waals surface area contributed by atoms with E-state index < -0.39 is 5.97 Å². The summed E-state index contributed by atoms with van der Waals surface area (Å²) in [4.78, 5) is 16.1. The van der Waals surface area contributed by atoms with Gasteiger partial charge in [-0.05, 0) is 36.5 Å². The number of rotatable bonds is 3. The third-order valence-corrected chi connectivity index (χ3v) is 3.69. The molecule has 1 aliphatic rings. The molecule has 0 bridgehead atoms. The van der Waals surface area contributed by atoms with Gasteiger partial charge in [-0.2, -0.15) is 0 Å². The highest BCUT2D eigenvalue weighted by atomic mass is 16.5. The average Bonchev–Trinajstić information content (AvgIpc) is 2.73. The molecule has 0 spiro atoms. The van der Waals surface area contributed by atoms with Crippen molar-refractivity contribution < 1.29 is 14.6 Å².